The largest absolute Gasteiger partial charge is 0.388 e. The molecule has 0 spiro atoms. The molecule has 108 valence electrons. The van der Waals surface area contributed by atoms with Crippen LogP contribution in [0.1, 0.15) is 64.4 Å². The third-order valence-electron chi connectivity index (χ3n) is 4.32. The highest BCUT2D eigenvalue weighted by Crippen LogP contribution is 2.37. The van der Waals surface area contributed by atoms with Gasteiger partial charge in [-0.05, 0) is 53.0 Å². The quantitative estimate of drug-likeness (QED) is 0.912. The van der Waals surface area contributed by atoms with E-state index < -0.39 is 0 Å². The average Bonchev–Trinajstić information content (AvgIpc) is 2.89. The minimum absolute atomic E-state index is 0.282. The molecule has 0 radical (unpaired) electrons. The molecule has 2 aromatic rings. The Bertz CT molecular complexity index is 641. The zero-order chi connectivity index (χ0) is 14.4. The molecule has 0 fully saturated rings. The summed E-state index contributed by atoms with van der Waals surface area (Å²) in [5.41, 5.74) is 4.84. The number of aliphatic hydroxyl groups excluding tert-OH is 1. The number of hydrogen-bond acceptors (Lipinski definition) is 3. The van der Waals surface area contributed by atoms with Crippen LogP contribution in [-0.2, 0) is 6.42 Å². The molecule has 0 aromatic carbocycles. The highest BCUT2D eigenvalue weighted by Gasteiger charge is 2.26. The predicted molar refractivity (Wildman–Crippen MR) is 82.5 cm³/mol. The van der Waals surface area contributed by atoms with Crippen LogP contribution in [0.4, 0.5) is 0 Å². The number of fused-ring (bicyclic) bond motifs is 1. The zero-order valence-electron chi connectivity index (χ0n) is 12.6. The molecule has 2 atom stereocenters. The lowest BCUT2D eigenvalue weighted by molar-refractivity contribution is 0.155. The van der Waals surface area contributed by atoms with Gasteiger partial charge in [-0.25, -0.2) is 4.98 Å². The normalized spacial score (nSPS) is 19.9. The summed E-state index contributed by atoms with van der Waals surface area (Å²) in [5.74, 6) is 0. The molecule has 0 saturated heterocycles. The van der Waals surface area contributed by atoms with Crippen molar-refractivity contribution in [3.63, 3.8) is 0 Å². The van der Waals surface area contributed by atoms with Crippen molar-refractivity contribution < 1.29 is 5.11 Å². The van der Waals surface area contributed by atoms with Crippen LogP contribution in [0.2, 0.25) is 0 Å². The second-order valence-electron chi connectivity index (χ2n) is 5.82. The predicted octanol–water partition coefficient (Wildman–Crippen LogP) is 3.85. The number of nitrogens with zero attached hydrogens (tertiary/aromatic N) is 2. The van der Waals surface area contributed by atoms with Crippen molar-refractivity contribution in [2.24, 2.45) is 0 Å². The Kier molecular flexibility index (Phi) is 3.46. The summed E-state index contributed by atoms with van der Waals surface area (Å²) < 4.78 is 2.40. The Balaban J connectivity index is 2.08. The molecular formula is C16H22N2OS. The highest BCUT2D eigenvalue weighted by atomic mass is 32.1. The Labute approximate surface area is 124 Å². The topological polar surface area (TPSA) is 38.0 Å². The number of thiazole rings is 1. The number of aromatic nitrogens is 2. The van der Waals surface area contributed by atoms with Gasteiger partial charge in [-0.2, -0.15) is 0 Å². The summed E-state index contributed by atoms with van der Waals surface area (Å²) in [5, 5.41) is 11.3. The van der Waals surface area contributed by atoms with Gasteiger partial charge in [0.1, 0.15) is 0 Å². The standard InChI is InChI=1S/C16H22N2OS/c1-9-8-13-14(6-5-7-15(13)19)18(9)11(3)16-10(2)17-12(4)20-16/h8,11,15,19H,5-7H2,1-4H3. The van der Waals surface area contributed by atoms with E-state index in [0.29, 0.717) is 6.04 Å². The van der Waals surface area contributed by atoms with Gasteiger partial charge in [0.2, 0.25) is 0 Å². The summed E-state index contributed by atoms with van der Waals surface area (Å²) in [6.07, 6.45) is 2.76. The van der Waals surface area contributed by atoms with Gasteiger partial charge < -0.3 is 9.67 Å². The van der Waals surface area contributed by atoms with Crippen LogP contribution in [0, 0.1) is 20.8 Å². The summed E-state index contributed by atoms with van der Waals surface area (Å²) in [7, 11) is 0. The second kappa shape index (κ2) is 5.01. The second-order valence-corrected chi connectivity index (χ2v) is 7.06. The average molecular weight is 290 g/mol. The Morgan fingerprint density at radius 2 is 2.15 bits per heavy atom. The molecule has 3 nitrogen and oxygen atoms in total. The van der Waals surface area contributed by atoms with E-state index in [1.165, 1.54) is 16.3 Å². The SMILES string of the molecule is Cc1nc(C)c(C(C)n2c(C)cc3c2CCCC3O)s1. The summed E-state index contributed by atoms with van der Waals surface area (Å²) >= 11 is 1.79. The molecule has 0 saturated carbocycles. The van der Waals surface area contributed by atoms with Crippen molar-refractivity contribution in [1.29, 1.82) is 0 Å². The maximum Gasteiger partial charge on any atom is 0.0900 e. The van der Waals surface area contributed by atoms with Crippen molar-refractivity contribution in [3.8, 4) is 0 Å². The molecule has 0 aliphatic heterocycles. The van der Waals surface area contributed by atoms with E-state index in [1.807, 2.05) is 0 Å². The van der Waals surface area contributed by atoms with Crippen LogP contribution in [0.5, 0.6) is 0 Å². The first-order valence-electron chi connectivity index (χ1n) is 7.31. The smallest absolute Gasteiger partial charge is 0.0900 e. The summed E-state index contributed by atoms with van der Waals surface area (Å²) in [4.78, 5) is 5.89. The van der Waals surface area contributed by atoms with E-state index in [-0.39, 0.29) is 6.10 Å². The Morgan fingerprint density at radius 1 is 1.40 bits per heavy atom. The molecule has 1 N–H and O–H groups in total. The third kappa shape index (κ3) is 2.11. The van der Waals surface area contributed by atoms with Gasteiger partial charge in [0.25, 0.3) is 0 Å². The Hall–Kier alpha value is -1.13. The van der Waals surface area contributed by atoms with E-state index in [4.69, 9.17) is 0 Å². The Morgan fingerprint density at radius 3 is 2.80 bits per heavy atom. The first-order chi connectivity index (χ1) is 9.49. The van der Waals surface area contributed by atoms with E-state index in [2.05, 4.69) is 43.3 Å². The van der Waals surface area contributed by atoms with Crippen LogP contribution < -0.4 is 0 Å². The number of aryl methyl sites for hydroxylation is 3. The van der Waals surface area contributed by atoms with E-state index in [0.717, 1.165) is 35.5 Å². The van der Waals surface area contributed by atoms with E-state index in [9.17, 15) is 5.11 Å². The molecule has 2 unspecified atom stereocenters. The van der Waals surface area contributed by atoms with Crippen LogP contribution >= 0.6 is 11.3 Å². The number of aliphatic hydroxyl groups is 1. The van der Waals surface area contributed by atoms with Crippen molar-refractivity contribution in [1.82, 2.24) is 9.55 Å². The molecule has 20 heavy (non-hydrogen) atoms. The zero-order valence-corrected chi connectivity index (χ0v) is 13.4. The molecule has 3 rings (SSSR count). The van der Waals surface area contributed by atoms with Crippen LogP contribution in [0.25, 0.3) is 0 Å². The molecule has 4 heteroatoms. The molecule has 0 amide bonds. The van der Waals surface area contributed by atoms with E-state index in [1.54, 1.807) is 11.3 Å². The van der Waals surface area contributed by atoms with E-state index >= 15 is 0 Å². The van der Waals surface area contributed by atoms with Gasteiger partial charge in [0, 0.05) is 17.0 Å². The molecule has 1 aliphatic rings. The fourth-order valence-electron chi connectivity index (χ4n) is 3.49. The first kappa shape index (κ1) is 13.8. The minimum atomic E-state index is -0.282. The molecule has 0 bridgehead atoms. The first-order valence-corrected chi connectivity index (χ1v) is 8.13. The van der Waals surface area contributed by atoms with Crippen LogP contribution in [0.15, 0.2) is 6.07 Å². The maximum absolute atomic E-state index is 10.2. The monoisotopic (exact) mass is 290 g/mol. The lowest BCUT2D eigenvalue weighted by Gasteiger charge is -2.24. The van der Waals surface area contributed by atoms with Crippen LogP contribution in [-0.4, -0.2) is 14.7 Å². The molecular weight excluding hydrogens is 268 g/mol. The van der Waals surface area contributed by atoms with Crippen LogP contribution in [0.3, 0.4) is 0 Å². The van der Waals surface area contributed by atoms with Crippen molar-refractivity contribution in [2.45, 2.75) is 59.1 Å². The van der Waals surface area contributed by atoms with Gasteiger partial charge in [-0.1, -0.05) is 0 Å². The fraction of sp³-hybridized carbons (Fsp3) is 0.562. The molecule has 2 aromatic heterocycles. The van der Waals surface area contributed by atoms with Gasteiger partial charge in [0.05, 0.1) is 27.7 Å². The molecule has 1 aliphatic carbocycles. The van der Waals surface area contributed by atoms with Gasteiger partial charge in [-0.3, -0.25) is 0 Å². The lowest BCUT2D eigenvalue weighted by Crippen LogP contribution is -2.16. The number of hydrogen-bond donors (Lipinski definition) is 1. The van der Waals surface area contributed by atoms with Gasteiger partial charge in [0.15, 0.2) is 0 Å². The number of rotatable bonds is 2. The maximum atomic E-state index is 10.2. The van der Waals surface area contributed by atoms with Crippen molar-refractivity contribution >= 4 is 11.3 Å². The van der Waals surface area contributed by atoms with Crippen molar-refractivity contribution in [2.75, 3.05) is 0 Å². The summed E-state index contributed by atoms with van der Waals surface area (Å²) in [6.45, 7) is 8.55. The molecule has 2 heterocycles. The summed E-state index contributed by atoms with van der Waals surface area (Å²) in [6, 6.07) is 2.47. The van der Waals surface area contributed by atoms with Gasteiger partial charge in [-0.15, -0.1) is 11.3 Å². The van der Waals surface area contributed by atoms with Gasteiger partial charge >= 0.3 is 0 Å². The lowest BCUT2D eigenvalue weighted by atomic mass is 9.95. The fourth-order valence-corrected chi connectivity index (χ4v) is 4.46. The minimum Gasteiger partial charge on any atom is -0.388 e. The third-order valence-corrected chi connectivity index (χ3v) is 5.57. The highest BCUT2D eigenvalue weighted by molar-refractivity contribution is 7.11. The van der Waals surface area contributed by atoms with Crippen molar-refractivity contribution in [3.05, 3.63) is 38.6 Å².